The van der Waals surface area contributed by atoms with Crippen LogP contribution in [0.2, 0.25) is 0 Å². The number of hydrogen-bond acceptors (Lipinski definition) is 2. The van der Waals surface area contributed by atoms with Gasteiger partial charge >= 0.3 is 6.18 Å². The summed E-state index contributed by atoms with van der Waals surface area (Å²) in [6.07, 6.45) is -0.515. The van der Waals surface area contributed by atoms with E-state index in [1.165, 1.54) is 6.08 Å². The molecule has 1 atom stereocenters. The largest absolute Gasteiger partial charge is 0.440 e. The summed E-state index contributed by atoms with van der Waals surface area (Å²) in [5, 5.41) is 10.6. The molecule has 62 valence electrons. The van der Waals surface area contributed by atoms with Crippen molar-refractivity contribution in [3.05, 3.63) is 24.4 Å². The molecule has 2 nitrogen and oxygen atoms in total. The lowest BCUT2D eigenvalue weighted by molar-refractivity contribution is -0.247. The normalized spacial score (nSPS) is 30.2. The van der Waals surface area contributed by atoms with Crippen LogP contribution in [0.3, 0.4) is 0 Å². The molecule has 2 N–H and O–H groups in total. The molecule has 1 aliphatic heterocycles. The SMILES string of the molecule is OC1(C(F)(F)F)C=CC=CN1. The zero-order valence-corrected chi connectivity index (χ0v) is 5.39. The highest BCUT2D eigenvalue weighted by Crippen LogP contribution is 2.30. The number of allylic oxidation sites excluding steroid dienone is 2. The molecule has 0 spiro atoms. The maximum absolute atomic E-state index is 11.9. The van der Waals surface area contributed by atoms with Gasteiger partial charge < -0.3 is 10.4 Å². The van der Waals surface area contributed by atoms with Gasteiger partial charge in [-0.25, -0.2) is 0 Å². The highest BCUT2D eigenvalue weighted by Gasteiger charge is 2.52. The first-order valence-corrected chi connectivity index (χ1v) is 2.87. The standard InChI is InChI=1S/C6H6F3NO/c7-6(8,9)5(11)3-1-2-4-10-5/h1-4,10-11H. The zero-order valence-electron chi connectivity index (χ0n) is 5.39. The molecule has 1 aliphatic rings. The van der Waals surface area contributed by atoms with Gasteiger partial charge in [0.2, 0.25) is 0 Å². The molecule has 1 heterocycles. The molecular weight excluding hydrogens is 159 g/mol. The molecule has 0 saturated heterocycles. The summed E-state index contributed by atoms with van der Waals surface area (Å²) < 4.78 is 35.8. The van der Waals surface area contributed by atoms with Gasteiger partial charge in [-0.05, 0) is 18.4 Å². The molecule has 0 aromatic carbocycles. The molecule has 0 saturated carbocycles. The van der Waals surface area contributed by atoms with Gasteiger partial charge in [0.1, 0.15) is 0 Å². The van der Waals surface area contributed by atoms with E-state index >= 15 is 0 Å². The number of nitrogens with one attached hydrogen (secondary N) is 1. The molecule has 0 aromatic heterocycles. The van der Waals surface area contributed by atoms with Gasteiger partial charge in [-0.2, -0.15) is 13.2 Å². The van der Waals surface area contributed by atoms with E-state index < -0.39 is 11.9 Å². The van der Waals surface area contributed by atoms with Gasteiger partial charge in [0.25, 0.3) is 5.72 Å². The van der Waals surface area contributed by atoms with Crippen LogP contribution >= 0.6 is 0 Å². The van der Waals surface area contributed by atoms with E-state index in [1.54, 1.807) is 5.32 Å². The van der Waals surface area contributed by atoms with E-state index in [-0.39, 0.29) is 0 Å². The number of rotatable bonds is 0. The second-order valence-corrected chi connectivity index (χ2v) is 2.13. The molecule has 0 aliphatic carbocycles. The van der Waals surface area contributed by atoms with Crippen molar-refractivity contribution in [3.8, 4) is 0 Å². The minimum absolute atomic E-state index is 0.646. The van der Waals surface area contributed by atoms with E-state index in [9.17, 15) is 13.2 Å². The van der Waals surface area contributed by atoms with Crippen molar-refractivity contribution in [2.75, 3.05) is 0 Å². The Morgan fingerprint density at radius 2 is 1.91 bits per heavy atom. The Balaban J connectivity index is 2.84. The minimum atomic E-state index is -4.69. The minimum Gasteiger partial charge on any atom is -0.360 e. The molecule has 5 heteroatoms. The first-order chi connectivity index (χ1) is 4.96. The Morgan fingerprint density at radius 1 is 1.27 bits per heavy atom. The van der Waals surface area contributed by atoms with Crippen molar-refractivity contribution < 1.29 is 18.3 Å². The average molecular weight is 165 g/mol. The third-order valence-electron chi connectivity index (χ3n) is 1.28. The van der Waals surface area contributed by atoms with E-state index in [1.807, 2.05) is 0 Å². The summed E-state index contributed by atoms with van der Waals surface area (Å²) >= 11 is 0. The van der Waals surface area contributed by atoms with Crippen molar-refractivity contribution in [1.82, 2.24) is 5.32 Å². The summed E-state index contributed by atoms with van der Waals surface area (Å²) in [4.78, 5) is 0. The molecule has 11 heavy (non-hydrogen) atoms. The lowest BCUT2D eigenvalue weighted by Gasteiger charge is -2.28. The van der Waals surface area contributed by atoms with Crippen LogP contribution in [-0.4, -0.2) is 17.0 Å². The molecule has 0 radical (unpaired) electrons. The van der Waals surface area contributed by atoms with Crippen LogP contribution in [0.4, 0.5) is 13.2 Å². The van der Waals surface area contributed by atoms with Gasteiger partial charge in [0.05, 0.1) is 0 Å². The van der Waals surface area contributed by atoms with Crippen LogP contribution in [0.1, 0.15) is 0 Å². The first-order valence-electron chi connectivity index (χ1n) is 2.87. The highest BCUT2D eigenvalue weighted by molar-refractivity contribution is 5.17. The van der Waals surface area contributed by atoms with E-state index in [2.05, 4.69) is 0 Å². The number of hydrogen-bond donors (Lipinski definition) is 2. The van der Waals surface area contributed by atoms with E-state index in [4.69, 9.17) is 5.11 Å². The Bertz CT molecular complexity index is 208. The van der Waals surface area contributed by atoms with Crippen LogP contribution < -0.4 is 5.32 Å². The van der Waals surface area contributed by atoms with Gasteiger partial charge in [0.15, 0.2) is 0 Å². The molecule has 1 unspecified atom stereocenters. The number of aliphatic hydroxyl groups is 1. The second kappa shape index (κ2) is 2.27. The summed E-state index contributed by atoms with van der Waals surface area (Å²) in [5.41, 5.74) is -2.90. The monoisotopic (exact) mass is 165 g/mol. The Labute approximate surface area is 61.0 Å². The van der Waals surface area contributed by atoms with Crippen LogP contribution in [0.25, 0.3) is 0 Å². The van der Waals surface area contributed by atoms with Crippen LogP contribution in [0, 0.1) is 0 Å². The third-order valence-corrected chi connectivity index (χ3v) is 1.28. The molecule has 0 fully saturated rings. The first kappa shape index (κ1) is 8.13. The molecule has 0 amide bonds. The number of dihydropyridines is 1. The maximum atomic E-state index is 11.9. The number of alkyl halides is 3. The van der Waals surface area contributed by atoms with Crippen molar-refractivity contribution >= 4 is 0 Å². The molecule has 0 aromatic rings. The summed E-state index contributed by atoms with van der Waals surface area (Å²) in [7, 11) is 0. The van der Waals surface area contributed by atoms with Crippen molar-refractivity contribution in [2.45, 2.75) is 11.9 Å². The smallest absolute Gasteiger partial charge is 0.360 e. The topological polar surface area (TPSA) is 32.3 Å². The Morgan fingerprint density at radius 3 is 2.18 bits per heavy atom. The van der Waals surface area contributed by atoms with Gasteiger partial charge in [-0.1, -0.05) is 6.08 Å². The van der Waals surface area contributed by atoms with Crippen molar-refractivity contribution in [1.29, 1.82) is 0 Å². The van der Waals surface area contributed by atoms with E-state index in [0.29, 0.717) is 6.08 Å². The summed E-state index contributed by atoms with van der Waals surface area (Å²) in [6.45, 7) is 0. The summed E-state index contributed by atoms with van der Waals surface area (Å²) in [6, 6.07) is 0. The molecule has 0 bridgehead atoms. The third kappa shape index (κ3) is 1.37. The van der Waals surface area contributed by atoms with Crippen molar-refractivity contribution in [3.63, 3.8) is 0 Å². The fraction of sp³-hybridized carbons (Fsp3) is 0.333. The van der Waals surface area contributed by atoms with Crippen LogP contribution in [0.15, 0.2) is 24.4 Å². The average Bonchev–Trinajstić information content (AvgIpc) is 1.87. The predicted molar refractivity (Wildman–Crippen MR) is 32.4 cm³/mol. The van der Waals surface area contributed by atoms with Crippen LogP contribution in [0.5, 0.6) is 0 Å². The zero-order chi connectivity index (χ0) is 8.54. The Kier molecular flexibility index (Phi) is 1.67. The predicted octanol–water partition coefficient (Wildman–Crippen LogP) is 0.910. The molecule has 1 rings (SSSR count). The van der Waals surface area contributed by atoms with Crippen LogP contribution in [-0.2, 0) is 0 Å². The maximum Gasteiger partial charge on any atom is 0.440 e. The van der Waals surface area contributed by atoms with E-state index in [0.717, 1.165) is 12.3 Å². The highest BCUT2D eigenvalue weighted by atomic mass is 19.4. The van der Waals surface area contributed by atoms with Gasteiger partial charge in [0, 0.05) is 0 Å². The van der Waals surface area contributed by atoms with Crippen molar-refractivity contribution in [2.24, 2.45) is 0 Å². The molecular formula is C6H6F3NO. The lowest BCUT2D eigenvalue weighted by atomic mass is 10.1. The van der Waals surface area contributed by atoms with Gasteiger partial charge in [-0.15, -0.1) is 0 Å². The fourth-order valence-corrected chi connectivity index (χ4v) is 0.650. The lowest BCUT2D eigenvalue weighted by Crippen LogP contribution is -2.53. The Hall–Kier alpha value is -0.970. The quantitative estimate of drug-likeness (QED) is 0.559. The summed E-state index contributed by atoms with van der Waals surface area (Å²) in [5.74, 6) is 0. The number of halogens is 3. The van der Waals surface area contributed by atoms with Gasteiger partial charge in [-0.3, -0.25) is 0 Å². The second-order valence-electron chi connectivity index (χ2n) is 2.13. The fourth-order valence-electron chi connectivity index (χ4n) is 0.650.